The van der Waals surface area contributed by atoms with Crippen molar-refractivity contribution in [3.63, 3.8) is 0 Å². The molecule has 150 heavy (non-hydrogen) atoms. The van der Waals surface area contributed by atoms with Crippen LogP contribution >= 0.6 is 34.0 Å². The highest BCUT2D eigenvalue weighted by Crippen LogP contribution is 2.47. The normalized spacial score (nSPS) is 11.6. The van der Waals surface area contributed by atoms with Gasteiger partial charge in [-0.05, 0) is 173 Å². The molecule has 0 amide bonds. The Hall–Kier alpha value is -19.2. The zero-order valence-corrected chi connectivity index (χ0v) is 83.3. The van der Waals surface area contributed by atoms with Gasteiger partial charge in [-0.1, -0.05) is 382 Å². The molecule has 9 aromatic heterocycles. The first-order valence-corrected chi connectivity index (χ1v) is 52.8. The maximum absolute atomic E-state index is 5.24. The van der Waals surface area contributed by atoms with Gasteiger partial charge in [-0.3, -0.25) is 0 Å². The van der Waals surface area contributed by atoms with E-state index in [0.717, 1.165) is 118 Å². The summed E-state index contributed by atoms with van der Waals surface area (Å²) < 4.78 is 14.7. The highest BCUT2D eigenvalue weighted by molar-refractivity contribution is 7.26. The molecule has 0 atom stereocenters. The van der Waals surface area contributed by atoms with Crippen LogP contribution in [0.5, 0.6) is 0 Å². The van der Waals surface area contributed by atoms with E-state index >= 15 is 0 Å². The van der Waals surface area contributed by atoms with Crippen LogP contribution in [0.2, 0.25) is 0 Å². The molecule has 0 unspecified atom stereocenters. The van der Waals surface area contributed by atoms with Gasteiger partial charge < -0.3 is 13.7 Å². The van der Waals surface area contributed by atoms with Crippen LogP contribution < -0.4 is 0 Å². The maximum atomic E-state index is 5.24. The molecule has 0 saturated carbocycles. The summed E-state index contributed by atoms with van der Waals surface area (Å²) in [7, 11) is 0. The van der Waals surface area contributed by atoms with Crippen molar-refractivity contribution in [2.75, 3.05) is 0 Å². The highest BCUT2D eigenvalue weighted by Gasteiger charge is 2.25. The van der Waals surface area contributed by atoms with E-state index in [-0.39, 0.29) is 0 Å². The lowest BCUT2D eigenvalue weighted by Crippen LogP contribution is -2.01. The number of aromatic nitrogens is 10. The SMILES string of the molecule is c1ccc(-c2cc(-c3ccc4c(c3)sc3ccccc34)nc(-c3cccc(-c4ccc5c(c4)c4ccccc4n5-c4ccccc4)c3)n2)cc1.c1ccc(-c2cc(-c3ccc4c(c3)sc3ccccc34)nc(-c3cccc(-c4cccc5c4c4ccccc4n5-c4ccccc4)c3)n2)cc1.c1ccc(-c2ccc3c4ccccc4n(-c4cccc(-c5nc(-c6ccccc6)nc(-c6ccc7c(c6)sc6ccccc67)n5)c4)c3c2)cc1. The summed E-state index contributed by atoms with van der Waals surface area (Å²) in [5.74, 6) is 3.36. The molecule has 13 heteroatoms. The van der Waals surface area contributed by atoms with E-state index in [0.29, 0.717) is 29.1 Å². The molecule has 702 valence electrons. The summed E-state index contributed by atoms with van der Waals surface area (Å²) in [6.45, 7) is 0. The largest absolute Gasteiger partial charge is 0.309 e. The van der Waals surface area contributed by atoms with Gasteiger partial charge in [0.05, 0.1) is 55.9 Å². The molecule has 0 spiro atoms. The number of fused-ring (bicyclic) bond motifs is 18. The van der Waals surface area contributed by atoms with Crippen molar-refractivity contribution in [1.82, 2.24) is 48.6 Å². The Morgan fingerprint density at radius 1 is 0.133 bits per heavy atom. The predicted octanol–water partition coefficient (Wildman–Crippen LogP) is 37.2. The molecule has 30 rings (SSSR count). The number of benzene rings is 21. The molecule has 0 aliphatic carbocycles. The summed E-state index contributed by atoms with van der Waals surface area (Å²) >= 11 is 5.45. The monoisotopic (exact) mass is 1970 g/mol. The minimum absolute atomic E-state index is 0.637. The number of hydrogen-bond acceptors (Lipinski definition) is 10. The van der Waals surface area contributed by atoms with E-state index in [9.17, 15) is 0 Å². The average molecular weight is 1970 g/mol. The van der Waals surface area contributed by atoms with Crippen LogP contribution in [0.1, 0.15) is 0 Å². The van der Waals surface area contributed by atoms with Gasteiger partial charge in [-0.25, -0.2) is 34.9 Å². The molecule has 10 nitrogen and oxygen atoms in total. The smallest absolute Gasteiger partial charge is 0.164 e. The van der Waals surface area contributed by atoms with Crippen LogP contribution in [0.3, 0.4) is 0 Å². The Morgan fingerprint density at radius 3 is 0.953 bits per heavy atom. The third-order valence-electron chi connectivity index (χ3n) is 28.7. The second-order valence-corrected chi connectivity index (χ2v) is 41.0. The number of hydrogen-bond donors (Lipinski definition) is 0. The van der Waals surface area contributed by atoms with Crippen molar-refractivity contribution in [1.29, 1.82) is 0 Å². The van der Waals surface area contributed by atoms with Crippen molar-refractivity contribution < 1.29 is 0 Å². The first-order chi connectivity index (χ1) is 74.3. The second kappa shape index (κ2) is 37.8. The third kappa shape index (κ3) is 16.3. The maximum Gasteiger partial charge on any atom is 0.164 e. The zero-order valence-electron chi connectivity index (χ0n) is 80.8. The highest BCUT2D eigenvalue weighted by atomic mass is 32.1. The number of para-hydroxylation sites is 5. The molecular weight excluding hydrogens is 1880 g/mol. The molecule has 0 aliphatic rings. The second-order valence-electron chi connectivity index (χ2n) is 37.7. The Morgan fingerprint density at radius 2 is 0.427 bits per heavy atom. The lowest BCUT2D eigenvalue weighted by atomic mass is 9.97. The van der Waals surface area contributed by atoms with Crippen molar-refractivity contribution in [3.05, 3.63) is 522 Å². The number of rotatable bonds is 15. The topological polar surface area (TPSA) is 105 Å². The van der Waals surface area contributed by atoms with Gasteiger partial charge in [0.25, 0.3) is 0 Å². The summed E-state index contributed by atoms with van der Waals surface area (Å²) in [5.41, 5.74) is 30.2. The molecule has 9 heterocycles. The van der Waals surface area contributed by atoms with Crippen molar-refractivity contribution >= 4 is 160 Å². The molecule has 21 aromatic carbocycles. The van der Waals surface area contributed by atoms with Gasteiger partial charge >= 0.3 is 0 Å². The summed E-state index contributed by atoms with van der Waals surface area (Å²) in [5, 5.41) is 15.1. The fourth-order valence-corrected chi connectivity index (χ4v) is 25.0. The molecule has 30 aromatic rings. The zero-order chi connectivity index (χ0) is 99.1. The van der Waals surface area contributed by atoms with Gasteiger partial charge in [0.1, 0.15) is 0 Å². The quantitative estimate of drug-likeness (QED) is 0.101. The van der Waals surface area contributed by atoms with Gasteiger partial charge in [-0.2, -0.15) is 0 Å². The number of nitrogens with zero attached hydrogens (tertiary/aromatic N) is 10. The lowest BCUT2D eigenvalue weighted by Gasteiger charge is -2.12. The first kappa shape index (κ1) is 88.5. The standard InChI is InChI=1S/2C46H29N3S.C45H28N4S/c1-3-13-30(14-4-1)39-29-40(32-25-26-37-36-19-8-10-24-43(36)50-44(37)28-32)48-46(47-39)33-16-11-15-31(27-33)35-21-12-23-42-45(35)38-20-7-9-22-41(38)49(42)34-17-5-2-6-18-34;1-3-12-30(13-4-1)40-29-41(33-22-24-38-37-19-8-10-21-44(37)50-45(38)28-33)48-46(47-40)34-15-11-14-31(26-34)32-23-25-43-39(27-32)36-18-7-9-20-42(36)49(43)35-16-5-2-6-17-35;1-3-12-29(13-4-1)31-22-24-36-35-18-7-9-20-39(35)49(40(36)27-31)34-17-11-16-32(26-34)44-46-43(30-14-5-2-6-15-30)47-45(48-44)33-23-25-38-37-19-8-10-21-41(37)50-42(38)28-33/h2*1-29H;1-28H. The Bertz CT molecular complexity index is 10500. The van der Waals surface area contributed by atoms with Crippen molar-refractivity contribution in [2.45, 2.75) is 0 Å². The predicted molar refractivity (Wildman–Crippen MR) is 631 cm³/mol. The van der Waals surface area contributed by atoms with Gasteiger partial charge in [-0.15, -0.1) is 34.0 Å². The molecule has 0 saturated heterocycles. The molecular formula is C137H86N10S3. The molecule has 0 fully saturated rings. The van der Waals surface area contributed by atoms with E-state index in [4.69, 9.17) is 34.9 Å². The molecule has 0 aliphatic heterocycles. The Kier molecular flexibility index (Phi) is 22.3. The van der Waals surface area contributed by atoms with Crippen molar-refractivity contribution in [2.24, 2.45) is 0 Å². The summed E-state index contributed by atoms with van der Waals surface area (Å²) in [6, 6.07) is 185. The minimum atomic E-state index is 0.637. The number of thiophene rings is 3. The van der Waals surface area contributed by atoms with Crippen LogP contribution in [0, 0.1) is 0 Å². The van der Waals surface area contributed by atoms with E-state index < -0.39 is 0 Å². The summed E-state index contributed by atoms with van der Waals surface area (Å²) in [4.78, 5) is 36.0. The minimum Gasteiger partial charge on any atom is -0.309 e. The molecule has 0 N–H and O–H groups in total. The summed E-state index contributed by atoms with van der Waals surface area (Å²) in [6.07, 6.45) is 0. The van der Waals surface area contributed by atoms with Crippen LogP contribution in [-0.2, 0) is 0 Å². The fourth-order valence-electron chi connectivity index (χ4n) is 21.6. The lowest BCUT2D eigenvalue weighted by molar-refractivity contribution is 1.07. The van der Waals surface area contributed by atoms with E-state index in [2.05, 4.69) is 505 Å². The molecule has 0 bridgehead atoms. The Labute approximate surface area is 875 Å². The fraction of sp³-hybridized carbons (Fsp3) is 0. The van der Waals surface area contributed by atoms with Gasteiger partial charge in [0.15, 0.2) is 29.1 Å². The van der Waals surface area contributed by atoms with Crippen molar-refractivity contribution in [3.8, 4) is 152 Å². The Balaban J connectivity index is 0.000000108. The van der Waals surface area contributed by atoms with E-state index in [1.807, 2.05) is 53.0 Å². The van der Waals surface area contributed by atoms with Crippen LogP contribution in [0.15, 0.2) is 522 Å². The first-order valence-electron chi connectivity index (χ1n) is 50.3. The van der Waals surface area contributed by atoms with E-state index in [1.54, 1.807) is 11.3 Å². The van der Waals surface area contributed by atoms with E-state index in [1.165, 1.54) is 132 Å². The van der Waals surface area contributed by atoms with Crippen LogP contribution in [0.4, 0.5) is 0 Å². The van der Waals surface area contributed by atoms with Gasteiger partial charge in [0.2, 0.25) is 0 Å². The van der Waals surface area contributed by atoms with Crippen LogP contribution in [-0.4, -0.2) is 48.6 Å². The third-order valence-corrected chi connectivity index (χ3v) is 32.1. The average Bonchev–Trinajstić information content (AvgIpc) is 1.58. The molecule has 0 radical (unpaired) electrons. The van der Waals surface area contributed by atoms with Crippen LogP contribution in [0.25, 0.3) is 278 Å². The van der Waals surface area contributed by atoms with Gasteiger partial charge in [0, 0.05) is 160 Å².